The van der Waals surface area contributed by atoms with E-state index >= 15 is 0 Å². The number of hydrogen-bond donors (Lipinski definition) is 5. The molecule has 0 aliphatic carbocycles. The number of likely N-dealkylation sites (tertiary alicyclic amines) is 1. The molecule has 1 fully saturated rings. The van der Waals surface area contributed by atoms with Crippen molar-refractivity contribution in [2.24, 2.45) is 11.5 Å². The molecule has 3 atom stereocenters. The summed E-state index contributed by atoms with van der Waals surface area (Å²) in [6.45, 7) is 0.892. The molecule has 0 saturated carbocycles. The first-order valence-corrected chi connectivity index (χ1v) is 9.78. The van der Waals surface area contributed by atoms with Crippen molar-refractivity contribution in [2.45, 2.75) is 50.2 Å². The van der Waals surface area contributed by atoms with Crippen molar-refractivity contribution in [3.63, 3.8) is 0 Å². The van der Waals surface area contributed by atoms with Crippen molar-refractivity contribution in [3.8, 4) is 0 Å². The number of carbonyl (C=O) groups is 2. The Morgan fingerprint density at radius 2 is 2.03 bits per heavy atom. The van der Waals surface area contributed by atoms with Gasteiger partial charge in [-0.25, -0.2) is 0 Å². The standard InChI is InChI=1S/C20H29N6O3/c21-16(12-14-6-2-1-3-7-14)19(29)26-11-5-9-17(26)18(28)25-15(13-27)8-4-10-24-20(22)23/h1-3,6-7,15-17H,4-5,8-12,21H2,(H,25,28)(H4,22,23,24)/t15-,16+,17-/m0/s1. The van der Waals surface area contributed by atoms with Crippen molar-refractivity contribution >= 4 is 24.1 Å². The number of nitrogens with two attached hydrogens (primary N) is 2. The lowest BCUT2D eigenvalue weighted by Crippen LogP contribution is -2.53. The Hall–Kier alpha value is -2.94. The minimum Gasteiger partial charge on any atom is -0.370 e. The predicted octanol–water partition coefficient (Wildman–Crippen LogP) is -0.595. The number of hydrogen-bond acceptors (Lipinski definition) is 5. The highest BCUT2D eigenvalue weighted by Gasteiger charge is 2.36. The van der Waals surface area contributed by atoms with Crippen LogP contribution in [0.5, 0.6) is 0 Å². The van der Waals surface area contributed by atoms with Crippen molar-refractivity contribution in [1.82, 2.24) is 15.5 Å². The monoisotopic (exact) mass is 401 g/mol. The Balaban J connectivity index is 1.89. The van der Waals surface area contributed by atoms with Crippen LogP contribution in [-0.2, 0) is 20.8 Å². The number of amides is 2. The molecule has 2 amide bonds. The maximum atomic E-state index is 12.8. The van der Waals surface area contributed by atoms with Gasteiger partial charge in [0.05, 0.1) is 12.1 Å². The highest BCUT2D eigenvalue weighted by atomic mass is 16.2. The molecule has 2 rings (SSSR count). The molecule has 0 spiro atoms. The van der Waals surface area contributed by atoms with E-state index in [-0.39, 0.29) is 17.8 Å². The highest BCUT2D eigenvalue weighted by Crippen LogP contribution is 2.19. The van der Waals surface area contributed by atoms with Crippen LogP contribution in [0.25, 0.3) is 0 Å². The van der Waals surface area contributed by atoms with Gasteiger partial charge < -0.3 is 27.0 Å². The van der Waals surface area contributed by atoms with Crippen molar-refractivity contribution < 1.29 is 14.4 Å². The SMILES string of the molecule is N=C(N)NCCC[C@@H]([C]=O)NC(=O)[C@@H]1CCCN1C(=O)[C@H](N)Cc1ccccc1. The molecule has 0 unspecified atom stereocenters. The summed E-state index contributed by atoms with van der Waals surface area (Å²) in [4.78, 5) is 38.2. The summed E-state index contributed by atoms with van der Waals surface area (Å²) in [5, 5.41) is 12.4. The first-order chi connectivity index (χ1) is 13.9. The van der Waals surface area contributed by atoms with Crippen LogP contribution in [0.15, 0.2) is 30.3 Å². The molecular weight excluding hydrogens is 372 g/mol. The third-order valence-electron chi connectivity index (χ3n) is 4.90. The molecule has 0 bridgehead atoms. The fourth-order valence-electron chi connectivity index (χ4n) is 3.43. The summed E-state index contributed by atoms with van der Waals surface area (Å²) in [6.07, 6.45) is 4.37. The van der Waals surface area contributed by atoms with E-state index in [1.54, 1.807) is 0 Å². The van der Waals surface area contributed by atoms with Crippen LogP contribution < -0.4 is 22.1 Å². The third kappa shape index (κ3) is 6.86. The second kappa shape index (κ2) is 11.2. The Morgan fingerprint density at radius 1 is 1.31 bits per heavy atom. The average molecular weight is 401 g/mol. The van der Waals surface area contributed by atoms with E-state index in [4.69, 9.17) is 16.9 Å². The van der Waals surface area contributed by atoms with E-state index < -0.39 is 18.1 Å². The lowest BCUT2D eigenvalue weighted by atomic mass is 10.0. The van der Waals surface area contributed by atoms with E-state index in [2.05, 4.69) is 10.6 Å². The van der Waals surface area contributed by atoms with E-state index in [0.717, 1.165) is 5.56 Å². The van der Waals surface area contributed by atoms with Gasteiger partial charge in [-0.2, -0.15) is 0 Å². The Bertz CT molecular complexity index is 711. The number of benzene rings is 1. The zero-order valence-electron chi connectivity index (χ0n) is 16.4. The first-order valence-electron chi connectivity index (χ1n) is 9.78. The summed E-state index contributed by atoms with van der Waals surface area (Å²) in [5.41, 5.74) is 12.3. The van der Waals surface area contributed by atoms with Crippen molar-refractivity contribution in [1.29, 1.82) is 5.41 Å². The van der Waals surface area contributed by atoms with E-state index in [1.165, 1.54) is 4.90 Å². The van der Waals surface area contributed by atoms with Gasteiger partial charge in [0.15, 0.2) is 5.96 Å². The average Bonchev–Trinajstić information content (AvgIpc) is 3.20. The predicted molar refractivity (Wildman–Crippen MR) is 110 cm³/mol. The first kappa shape index (κ1) is 22.4. The number of nitrogens with one attached hydrogen (secondary N) is 3. The molecule has 1 saturated heterocycles. The van der Waals surface area contributed by atoms with E-state index in [9.17, 15) is 14.4 Å². The zero-order valence-corrected chi connectivity index (χ0v) is 16.4. The van der Waals surface area contributed by atoms with Gasteiger partial charge in [-0.1, -0.05) is 30.3 Å². The molecule has 1 aliphatic rings. The lowest BCUT2D eigenvalue weighted by molar-refractivity contribution is -0.139. The van der Waals surface area contributed by atoms with Crippen LogP contribution in [0.4, 0.5) is 0 Å². The highest BCUT2D eigenvalue weighted by molar-refractivity contribution is 5.91. The minimum atomic E-state index is -0.771. The van der Waals surface area contributed by atoms with Gasteiger partial charge in [0.1, 0.15) is 6.04 Å². The van der Waals surface area contributed by atoms with Crippen molar-refractivity contribution in [3.05, 3.63) is 35.9 Å². The Labute approximate surface area is 170 Å². The quantitative estimate of drug-likeness (QED) is 0.200. The zero-order chi connectivity index (χ0) is 21.2. The minimum absolute atomic E-state index is 0.146. The van der Waals surface area contributed by atoms with Crippen LogP contribution in [0.1, 0.15) is 31.2 Å². The van der Waals surface area contributed by atoms with Gasteiger partial charge in [0.2, 0.25) is 18.1 Å². The third-order valence-corrected chi connectivity index (χ3v) is 4.90. The van der Waals surface area contributed by atoms with Gasteiger partial charge in [0, 0.05) is 13.1 Å². The van der Waals surface area contributed by atoms with Crippen LogP contribution in [0, 0.1) is 5.41 Å². The van der Waals surface area contributed by atoms with Crippen LogP contribution in [0.2, 0.25) is 0 Å². The van der Waals surface area contributed by atoms with E-state index in [1.807, 2.05) is 36.6 Å². The van der Waals surface area contributed by atoms with E-state index in [0.29, 0.717) is 45.2 Å². The molecule has 7 N–H and O–H groups in total. The second-order valence-electron chi connectivity index (χ2n) is 7.15. The van der Waals surface area contributed by atoms with Gasteiger partial charge in [-0.05, 0) is 37.7 Å². The fourth-order valence-corrected chi connectivity index (χ4v) is 3.43. The summed E-state index contributed by atoms with van der Waals surface area (Å²) in [6, 6.07) is 7.37. The molecule has 1 heterocycles. The summed E-state index contributed by atoms with van der Waals surface area (Å²) < 4.78 is 0. The molecule has 29 heavy (non-hydrogen) atoms. The number of nitrogens with zero attached hydrogens (tertiary/aromatic N) is 1. The molecule has 1 aliphatic heterocycles. The molecule has 1 radical (unpaired) electrons. The molecule has 9 heteroatoms. The largest absolute Gasteiger partial charge is 0.370 e. The normalized spacial score (nSPS) is 18.0. The number of carbonyl (C=O) groups excluding carboxylic acids is 3. The topological polar surface area (TPSA) is 154 Å². The second-order valence-corrected chi connectivity index (χ2v) is 7.15. The summed E-state index contributed by atoms with van der Waals surface area (Å²) >= 11 is 0. The molecule has 9 nitrogen and oxygen atoms in total. The Kier molecular flexibility index (Phi) is 8.60. The summed E-state index contributed by atoms with van der Waals surface area (Å²) in [5.74, 6) is -0.771. The van der Waals surface area contributed by atoms with Gasteiger partial charge in [0.25, 0.3) is 0 Å². The molecular formula is C20H29N6O3. The maximum Gasteiger partial charge on any atom is 0.243 e. The van der Waals surface area contributed by atoms with Gasteiger partial charge >= 0.3 is 0 Å². The lowest BCUT2D eigenvalue weighted by Gasteiger charge is -2.27. The Morgan fingerprint density at radius 3 is 2.69 bits per heavy atom. The number of rotatable bonds is 10. The van der Waals surface area contributed by atoms with Crippen LogP contribution in [0.3, 0.4) is 0 Å². The van der Waals surface area contributed by atoms with Crippen LogP contribution in [-0.4, -0.2) is 60.2 Å². The summed E-state index contributed by atoms with van der Waals surface area (Å²) in [7, 11) is 0. The smallest absolute Gasteiger partial charge is 0.243 e. The van der Waals surface area contributed by atoms with Crippen LogP contribution >= 0.6 is 0 Å². The van der Waals surface area contributed by atoms with Gasteiger partial charge in [-0.15, -0.1) is 0 Å². The molecule has 157 valence electrons. The molecule has 1 aromatic carbocycles. The molecule has 1 aromatic rings. The fraction of sp³-hybridized carbons (Fsp3) is 0.500. The number of guanidine groups is 1. The van der Waals surface area contributed by atoms with Crippen molar-refractivity contribution in [2.75, 3.05) is 13.1 Å². The maximum absolute atomic E-state index is 12.8. The van der Waals surface area contributed by atoms with Gasteiger partial charge in [-0.3, -0.25) is 19.8 Å². The molecule has 0 aromatic heterocycles.